The molecule has 0 bridgehead atoms. The molecule has 2 unspecified atom stereocenters. The second kappa shape index (κ2) is 14.6. The van der Waals surface area contributed by atoms with E-state index in [-0.39, 0.29) is 12.0 Å². The molecule has 16 rings (SSSR count). The van der Waals surface area contributed by atoms with E-state index < -0.39 is 0 Å². The van der Waals surface area contributed by atoms with Crippen molar-refractivity contribution in [3.63, 3.8) is 0 Å². The maximum absolute atomic E-state index is 2.56. The highest BCUT2D eigenvalue weighted by Gasteiger charge is 2.39. The first-order chi connectivity index (χ1) is 35.3. The molecule has 332 valence electrons. The number of anilines is 2. The fourth-order valence-corrected chi connectivity index (χ4v) is 12.8. The molecule has 71 heavy (non-hydrogen) atoms. The summed E-state index contributed by atoms with van der Waals surface area (Å²) in [4.78, 5) is 2.56. The average molecular weight is 906 g/mol. The van der Waals surface area contributed by atoms with Gasteiger partial charge < -0.3 is 23.2 Å². The van der Waals surface area contributed by atoms with Crippen LogP contribution in [0.25, 0.3) is 110 Å². The van der Waals surface area contributed by atoms with Gasteiger partial charge in [0.1, 0.15) is 0 Å². The first-order valence-electron chi connectivity index (χ1n) is 24.7. The summed E-state index contributed by atoms with van der Waals surface area (Å²) in [7, 11) is 0. The predicted octanol–water partition coefficient (Wildman–Crippen LogP) is 16.8. The third-order valence-electron chi connectivity index (χ3n) is 15.6. The Balaban J connectivity index is 0.960. The number of nitrogens with zero attached hydrogens (tertiary/aromatic N) is 5. The topological polar surface area (TPSA) is 23.0 Å². The van der Waals surface area contributed by atoms with Gasteiger partial charge in [0.25, 0.3) is 0 Å². The zero-order valence-electron chi connectivity index (χ0n) is 38.6. The highest BCUT2D eigenvalue weighted by atomic mass is 15.2. The van der Waals surface area contributed by atoms with E-state index in [1.807, 2.05) is 0 Å². The number of allylic oxidation sites excluding steroid dienone is 2. The van der Waals surface area contributed by atoms with Gasteiger partial charge in [-0.3, -0.25) is 0 Å². The molecule has 0 saturated carbocycles. The van der Waals surface area contributed by atoms with E-state index in [4.69, 9.17) is 0 Å². The van der Waals surface area contributed by atoms with Gasteiger partial charge in [0.05, 0.1) is 50.2 Å². The van der Waals surface area contributed by atoms with Crippen LogP contribution >= 0.6 is 0 Å². The lowest BCUT2D eigenvalue weighted by Gasteiger charge is -2.30. The Labute approximate surface area is 408 Å². The third-order valence-corrected chi connectivity index (χ3v) is 15.6. The standard InChI is InChI=1S/C66H43N5/c1-4-18-42(19-5-1)67-59-36-32-45(70-55-28-14-10-24-47(55)49-34-38-61-63(65(49)70)51-26-12-16-30-57(51)68(61)43-20-6-2-7-21-43)40-53(59)54-41-46(33-37-60(54)67)71-56-29-15-11-25-48(56)50-35-39-62-64(66(50)71)52-27-13-17-31-58(52)69(62)44-22-8-3-9-23-44/h1-41,53,59H. The Morgan fingerprint density at radius 2 is 0.761 bits per heavy atom. The van der Waals surface area contributed by atoms with Gasteiger partial charge in [0, 0.05) is 83.1 Å². The van der Waals surface area contributed by atoms with Crippen molar-refractivity contribution in [3.05, 3.63) is 254 Å². The fraction of sp³-hybridized carbons (Fsp3) is 0.0303. The molecule has 4 aromatic heterocycles. The second-order valence-corrected chi connectivity index (χ2v) is 19.2. The van der Waals surface area contributed by atoms with Crippen molar-refractivity contribution in [1.82, 2.24) is 18.3 Å². The van der Waals surface area contributed by atoms with Gasteiger partial charge in [0.2, 0.25) is 0 Å². The predicted molar refractivity (Wildman–Crippen MR) is 297 cm³/mol. The van der Waals surface area contributed by atoms with Crippen LogP contribution in [0.1, 0.15) is 11.5 Å². The summed E-state index contributed by atoms with van der Waals surface area (Å²) >= 11 is 0. The maximum atomic E-state index is 2.56. The van der Waals surface area contributed by atoms with Crippen molar-refractivity contribution in [3.8, 4) is 17.1 Å². The van der Waals surface area contributed by atoms with Crippen LogP contribution in [0.5, 0.6) is 0 Å². The number of aromatic nitrogens is 4. The highest BCUT2D eigenvalue weighted by Crippen LogP contribution is 2.52. The first kappa shape index (κ1) is 38.6. The lowest BCUT2D eigenvalue weighted by Crippen LogP contribution is -2.29. The molecule has 0 radical (unpaired) electrons. The number of rotatable bonds is 5. The number of benzene rings is 10. The van der Waals surface area contributed by atoms with Crippen molar-refractivity contribution < 1.29 is 0 Å². The van der Waals surface area contributed by atoms with Crippen LogP contribution < -0.4 is 4.90 Å². The lowest BCUT2D eigenvalue weighted by molar-refractivity contribution is 0.743. The molecule has 5 nitrogen and oxygen atoms in total. The summed E-state index contributed by atoms with van der Waals surface area (Å²) in [6, 6.07) is 84.9. The first-order valence-corrected chi connectivity index (χ1v) is 24.7. The van der Waals surface area contributed by atoms with Crippen molar-refractivity contribution in [2.45, 2.75) is 12.0 Å². The third kappa shape index (κ3) is 5.29. The van der Waals surface area contributed by atoms with Gasteiger partial charge in [-0.15, -0.1) is 0 Å². The average Bonchev–Trinajstić information content (AvgIpc) is 4.23. The van der Waals surface area contributed by atoms with Crippen molar-refractivity contribution >= 4 is 104 Å². The van der Waals surface area contributed by atoms with E-state index in [1.54, 1.807) is 0 Å². The molecule has 0 fully saturated rings. The van der Waals surface area contributed by atoms with Gasteiger partial charge in [0.15, 0.2) is 0 Å². The molecule has 10 aromatic carbocycles. The molecule has 2 atom stereocenters. The van der Waals surface area contributed by atoms with E-state index in [1.165, 1.54) is 110 Å². The Kier molecular flexibility index (Phi) is 7.94. The molecule has 0 saturated heterocycles. The molecular weight excluding hydrogens is 863 g/mol. The number of fused-ring (bicyclic) bond motifs is 17. The zero-order chi connectivity index (χ0) is 46.3. The minimum atomic E-state index is 0.0549. The maximum Gasteiger partial charge on any atom is 0.0641 e. The number of hydrogen-bond donors (Lipinski definition) is 0. The van der Waals surface area contributed by atoms with Crippen LogP contribution in [0.3, 0.4) is 0 Å². The molecule has 5 heteroatoms. The van der Waals surface area contributed by atoms with Crippen LogP contribution in [-0.4, -0.2) is 24.3 Å². The number of para-hydroxylation sites is 7. The minimum Gasteiger partial charge on any atom is -0.333 e. The van der Waals surface area contributed by atoms with Gasteiger partial charge >= 0.3 is 0 Å². The van der Waals surface area contributed by atoms with Crippen molar-refractivity contribution in [2.75, 3.05) is 4.90 Å². The number of hydrogen-bond acceptors (Lipinski definition) is 1. The minimum absolute atomic E-state index is 0.0549. The molecule has 5 heterocycles. The van der Waals surface area contributed by atoms with E-state index in [0.717, 1.165) is 17.1 Å². The van der Waals surface area contributed by atoms with Crippen molar-refractivity contribution in [2.24, 2.45) is 0 Å². The smallest absolute Gasteiger partial charge is 0.0641 e. The molecule has 14 aromatic rings. The van der Waals surface area contributed by atoms with E-state index in [2.05, 4.69) is 272 Å². The molecule has 0 amide bonds. The fourth-order valence-electron chi connectivity index (χ4n) is 12.8. The van der Waals surface area contributed by atoms with Crippen LogP contribution in [0.15, 0.2) is 249 Å². The second-order valence-electron chi connectivity index (χ2n) is 19.2. The Morgan fingerprint density at radius 3 is 1.31 bits per heavy atom. The SMILES string of the molecule is C1=CC2C(C=C1n1c3ccccc3c3ccc4c(c5ccccc5n4-c4ccccc4)c31)c1cc(-n3c4ccccc4c4ccc5c(c6ccccc6n5-c5ccccc5)c43)ccc1N2c1ccccc1. The molecule has 0 spiro atoms. The van der Waals surface area contributed by atoms with E-state index in [0.29, 0.717) is 0 Å². The summed E-state index contributed by atoms with van der Waals surface area (Å²) in [6.45, 7) is 0. The monoisotopic (exact) mass is 905 g/mol. The highest BCUT2D eigenvalue weighted by molar-refractivity contribution is 6.28. The Morgan fingerprint density at radius 1 is 0.310 bits per heavy atom. The Bertz CT molecular complexity index is 4580. The van der Waals surface area contributed by atoms with Crippen molar-refractivity contribution in [1.29, 1.82) is 0 Å². The zero-order valence-corrected chi connectivity index (χ0v) is 38.6. The molecular formula is C66H43N5. The van der Waals surface area contributed by atoms with Gasteiger partial charge in [-0.05, 0) is 103 Å². The Hall–Kier alpha value is -9.32. The quantitative estimate of drug-likeness (QED) is 0.169. The van der Waals surface area contributed by atoms with Crippen LogP contribution in [0.2, 0.25) is 0 Å². The summed E-state index contributed by atoms with van der Waals surface area (Å²) < 4.78 is 9.97. The lowest BCUT2D eigenvalue weighted by atomic mass is 9.89. The molecule has 2 aliphatic rings. The summed E-state index contributed by atoms with van der Waals surface area (Å²) in [5.41, 5.74) is 18.1. The van der Waals surface area contributed by atoms with E-state index in [9.17, 15) is 0 Å². The summed E-state index contributed by atoms with van der Waals surface area (Å²) in [5, 5.41) is 10.0. The molecule has 0 N–H and O–H groups in total. The molecule has 1 aliphatic carbocycles. The van der Waals surface area contributed by atoms with Crippen LogP contribution in [0, 0.1) is 0 Å². The molecule has 1 aliphatic heterocycles. The van der Waals surface area contributed by atoms with Crippen LogP contribution in [0.4, 0.5) is 11.4 Å². The largest absolute Gasteiger partial charge is 0.333 e. The van der Waals surface area contributed by atoms with E-state index >= 15 is 0 Å². The van der Waals surface area contributed by atoms with Gasteiger partial charge in [-0.1, -0.05) is 152 Å². The van der Waals surface area contributed by atoms with Gasteiger partial charge in [-0.2, -0.15) is 0 Å². The summed E-state index contributed by atoms with van der Waals surface area (Å²) in [5.74, 6) is 0.0549. The normalized spacial score (nSPS) is 15.6. The van der Waals surface area contributed by atoms with Gasteiger partial charge in [-0.25, -0.2) is 0 Å². The summed E-state index contributed by atoms with van der Waals surface area (Å²) in [6.07, 6.45) is 7.41. The van der Waals surface area contributed by atoms with Crippen LogP contribution in [-0.2, 0) is 0 Å².